The summed E-state index contributed by atoms with van der Waals surface area (Å²) in [6.07, 6.45) is 0. The number of hydrogen-bond donors (Lipinski definition) is 1. The van der Waals surface area contributed by atoms with Crippen LogP contribution in [-0.4, -0.2) is 60.8 Å². The minimum Gasteiger partial charge on any atom is -0.495 e. The van der Waals surface area contributed by atoms with Crippen LogP contribution in [-0.2, 0) is 4.74 Å². The van der Waals surface area contributed by atoms with Crippen molar-refractivity contribution in [1.29, 1.82) is 0 Å². The van der Waals surface area contributed by atoms with E-state index in [1.54, 1.807) is 30.2 Å². The average molecular weight is 352 g/mol. The largest absolute Gasteiger partial charge is 0.495 e. The molecule has 124 valence electrons. The number of morpholine rings is 1. The monoisotopic (exact) mass is 352 g/mol. The van der Waals surface area contributed by atoms with Gasteiger partial charge in [-0.25, -0.2) is 0 Å². The van der Waals surface area contributed by atoms with Gasteiger partial charge in [0.15, 0.2) is 4.34 Å². The number of thioether (sulfide) groups is 1. The maximum atomic E-state index is 5.36. The number of benzene rings is 1. The molecule has 0 unspecified atom stereocenters. The van der Waals surface area contributed by atoms with Gasteiger partial charge in [-0.15, -0.1) is 10.2 Å². The topological polar surface area (TPSA) is 59.5 Å². The highest BCUT2D eigenvalue weighted by Gasteiger charge is 2.11. The summed E-state index contributed by atoms with van der Waals surface area (Å²) >= 11 is 3.31. The second-order valence-corrected chi connectivity index (χ2v) is 7.32. The molecule has 0 spiro atoms. The van der Waals surface area contributed by atoms with Gasteiger partial charge in [-0.1, -0.05) is 35.2 Å². The Hall–Kier alpha value is -1.35. The van der Waals surface area contributed by atoms with E-state index < -0.39 is 0 Å². The molecule has 1 fully saturated rings. The van der Waals surface area contributed by atoms with E-state index in [1.165, 1.54) is 0 Å². The first-order valence-corrected chi connectivity index (χ1v) is 9.32. The summed E-state index contributed by atoms with van der Waals surface area (Å²) in [5, 5.41) is 12.5. The van der Waals surface area contributed by atoms with Crippen LogP contribution in [0, 0.1) is 0 Å². The van der Waals surface area contributed by atoms with Gasteiger partial charge < -0.3 is 14.8 Å². The van der Waals surface area contributed by atoms with Crippen molar-refractivity contribution in [3.63, 3.8) is 0 Å². The highest BCUT2D eigenvalue weighted by atomic mass is 32.2. The Kier molecular flexibility index (Phi) is 6.09. The molecule has 3 rings (SSSR count). The van der Waals surface area contributed by atoms with Crippen molar-refractivity contribution in [3.05, 3.63) is 24.3 Å². The second-order valence-electron chi connectivity index (χ2n) is 5.00. The average Bonchev–Trinajstić information content (AvgIpc) is 3.04. The number of nitrogens with one attached hydrogen (secondary N) is 1. The predicted molar refractivity (Wildman–Crippen MR) is 94.2 cm³/mol. The lowest BCUT2D eigenvalue weighted by atomic mass is 10.3. The summed E-state index contributed by atoms with van der Waals surface area (Å²) in [5.74, 6) is 1.81. The molecule has 2 aromatic rings. The number of rotatable bonds is 7. The zero-order chi connectivity index (χ0) is 15.9. The summed E-state index contributed by atoms with van der Waals surface area (Å²) in [5.41, 5.74) is 0.899. The van der Waals surface area contributed by atoms with Crippen molar-refractivity contribution < 1.29 is 9.47 Å². The lowest BCUT2D eigenvalue weighted by Gasteiger charge is -2.25. The lowest BCUT2D eigenvalue weighted by molar-refractivity contribution is 0.0410. The van der Waals surface area contributed by atoms with Crippen LogP contribution in [0.25, 0.3) is 0 Å². The molecule has 1 aliphatic heterocycles. The van der Waals surface area contributed by atoms with Crippen molar-refractivity contribution in [2.45, 2.75) is 4.34 Å². The van der Waals surface area contributed by atoms with Crippen molar-refractivity contribution in [3.8, 4) is 5.75 Å². The SMILES string of the molecule is COc1ccccc1Nc1nnc(SCCN2CCOCC2)s1. The quantitative estimate of drug-likeness (QED) is 0.769. The maximum absolute atomic E-state index is 5.36. The normalized spacial score (nSPS) is 15.5. The molecule has 1 aromatic carbocycles. The molecule has 1 aliphatic rings. The van der Waals surface area contributed by atoms with Crippen LogP contribution in [0.4, 0.5) is 10.8 Å². The standard InChI is InChI=1S/C15H20N4O2S2/c1-20-13-5-3-2-4-12(13)16-14-17-18-15(23-14)22-11-8-19-6-9-21-10-7-19/h2-5H,6-11H2,1H3,(H,16,17). The molecule has 0 amide bonds. The van der Waals surface area contributed by atoms with Gasteiger partial charge in [0.25, 0.3) is 0 Å². The fourth-order valence-electron chi connectivity index (χ4n) is 2.27. The number of para-hydroxylation sites is 2. The van der Waals surface area contributed by atoms with Crippen molar-refractivity contribution >= 4 is 33.9 Å². The Morgan fingerprint density at radius 3 is 2.96 bits per heavy atom. The summed E-state index contributed by atoms with van der Waals surface area (Å²) in [6, 6.07) is 7.79. The molecule has 0 atom stereocenters. The number of anilines is 2. The van der Waals surface area contributed by atoms with Crippen molar-refractivity contribution in [1.82, 2.24) is 15.1 Å². The van der Waals surface area contributed by atoms with Crippen LogP contribution in [0.2, 0.25) is 0 Å². The van der Waals surface area contributed by atoms with Crippen LogP contribution in [0.5, 0.6) is 5.75 Å². The predicted octanol–water partition coefficient (Wildman–Crippen LogP) is 2.71. The fourth-order valence-corrected chi connectivity index (χ4v) is 4.10. The summed E-state index contributed by atoms with van der Waals surface area (Å²) in [7, 11) is 1.66. The third-order valence-electron chi connectivity index (χ3n) is 3.49. The zero-order valence-electron chi connectivity index (χ0n) is 13.0. The van der Waals surface area contributed by atoms with Crippen LogP contribution in [0.3, 0.4) is 0 Å². The third kappa shape index (κ3) is 4.81. The Balaban J connectivity index is 1.49. The van der Waals surface area contributed by atoms with Gasteiger partial charge >= 0.3 is 0 Å². The van der Waals surface area contributed by atoms with E-state index >= 15 is 0 Å². The van der Waals surface area contributed by atoms with Crippen molar-refractivity contribution in [2.75, 3.05) is 51.0 Å². The van der Waals surface area contributed by atoms with Crippen LogP contribution in [0.15, 0.2) is 28.6 Å². The molecule has 23 heavy (non-hydrogen) atoms. The van der Waals surface area contributed by atoms with Crippen LogP contribution < -0.4 is 10.1 Å². The number of methoxy groups -OCH3 is 1. The van der Waals surface area contributed by atoms with Gasteiger partial charge in [-0.05, 0) is 12.1 Å². The number of hydrogen-bond acceptors (Lipinski definition) is 8. The second kappa shape index (κ2) is 8.49. The molecule has 6 nitrogen and oxygen atoms in total. The Bertz CT molecular complexity index is 617. The number of aromatic nitrogens is 2. The first kappa shape index (κ1) is 16.5. The fraction of sp³-hybridized carbons (Fsp3) is 0.467. The van der Waals surface area contributed by atoms with Gasteiger partial charge in [0, 0.05) is 25.4 Å². The smallest absolute Gasteiger partial charge is 0.210 e. The van der Waals surface area contributed by atoms with Gasteiger partial charge in [-0.2, -0.15) is 0 Å². The first-order valence-electron chi connectivity index (χ1n) is 7.51. The molecule has 1 N–H and O–H groups in total. The minimum atomic E-state index is 0.781. The Labute approximate surface area is 144 Å². The van der Waals surface area contributed by atoms with Gasteiger partial charge in [0.2, 0.25) is 5.13 Å². The van der Waals surface area contributed by atoms with Crippen molar-refractivity contribution in [2.24, 2.45) is 0 Å². The molecule has 0 radical (unpaired) electrons. The molecule has 0 bridgehead atoms. The molecule has 1 aromatic heterocycles. The Morgan fingerprint density at radius 1 is 1.30 bits per heavy atom. The molecule has 0 saturated carbocycles. The van der Waals surface area contributed by atoms with Crippen LogP contribution >= 0.6 is 23.1 Å². The zero-order valence-corrected chi connectivity index (χ0v) is 14.7. The number of nitrogens with zero attached hydrogens (tertiary/aromatic N) is 3. The summed E-state index contributed by atoms with van der Waals surface area (Å²) in [4.78, 5) is 2.42. The van der Waals surface area contributed by atoms with Gasteiger partial charge in [0.05, 0.1) is 26.0 Å². The summed E-state index contributed by atoms with van der Waals surface area (Å²) < 4.78 is 11.7. The van der Waals surface area contributed by atoms with E-state index in [1.807, 2.05) is 24.3 Å². The van der Waals surface area contributed by atoms with E-state index in [-0.39, 0.29) is 0 Å². The highest BCUT2D eigenvalue weighted by molar-refractivity contribution is 8.01. The molecule has 1 saturated heterocycles. The molecular formula is C15H20N4O2S2. The molecule has 2 heterocycles. The van der Waals surface area contributed by atoms with E-state index in [4.69, 9.17) is 9.47 Å². The van der Waals surface area contributed by atoms with Crippen LogP contribution in [0.1, 0.15) is 0 Å². The molecule has 8 heteroatoms. The Morgan fingerprint density at radius 2 is 2.13 bits per heavy atom. The van der Waals surface area contributed by atoms with E-state index in [9.17, 15) is 0 Å². The molecular weight excluding hydrogens is 332 g/mol. The highest BCUT2D eigenvalue weighted by Crippen LogP contribution is 2.31. The number of ether oxygens (including phenoxy) is 2. The van der Waals surface area contributed by atoms with Gasteiger partial charge in [0.1, 0.15) is 5.75 Å². The summed E-state index contributed by atoms with van der Waals surface area (Å²) in [6.45, 7) is 4.80. The molecule has 0 aliphatic carbocycles. The van der Waals surface area contributed by atoms with Gasteiger partial charge in [-0.3, -0.25) is 4.90 Å². The van der Waals surface area contributed by atoms with E-state index in [0.29, 0.717) is 0 Å². The van der Waals surface area contributed by atoms with E-state index in [0.717, 1.165) is 59.5 Å². The minimum absolute atomic E-state index is 0.781. The first-order chi connectivity index (χ1) is 11.3. The lowest BCUT2D eigenvalue weighted by Crippen LogP contribution is -2.37. The van der Waals surface area contributed by atoms with E-state index in [2.05, 4.69) is 20.4 Å². The third-order valence-corrected chi connectivity index (χ3v) is 5.44. The maximum Gasteiger partial charge on any atom is 0.210 e.